The summed E-state index contributed by atoms with van der Waals surface area (Å²) in [6.45, 7) is 0.922. The van der Waals surface area contributed by atoms with Crippen molar-refractivity contribution in [3.05, 3.63) is 46.6 Å². The van der Waals surface area contributed by atoms with Gasteiger partial charge in [0.15, 0.2) is 0 Å². The van der Waals surface area contributed by atoms with Crippen LogP contribution in [0.2, 0.25) is 0 Å². The molecule has 2 rings (SSSR count). The number of carbonyl (C=O) groups excluding carboxylic acids is 2. The van der Waals surface area contributed by atoms with E-state index in [4.69, 9.17) is 5.73 Å². The molecule has 0 fully saturated rings. The maximum Gasteiger partial charge on any atom is 0.416 e. The topological polar surface area (TPSA) is 118 Å². The Morgan fingerprint density at radius 3 is 2.32 bits per heavy atom. The minimum Gasteiger partial charge on any atom is -0.384 e. The first kappa shape index (κ1) is 21.8. The van der Waals surface area contributed by atoms with Crippen LogP contribution in [-0.4, -0.2) is 31.4 Å². The highest BCUT2D eigenvalue weighted by Crippen LogP contribution is 2.35. The fourth-order valence-corrected chi connectivity index (χ4v) is 4.81. The van der Waals surface area contributed by atoms with E-state index in [-0.39, 0.29) is 10.4 Å². The van der Waals surface area contributed by atoms with Gasteiger partial charge in [0, 0.05) is 0 Å². The molecule has 1 heterocycles. The Morgan fingerprint density at radius 1 is 1.25 bits per heavy atom. The number of alkyl halides is 3. The van der Waals surface area contributed by atoms with Gasteiger partial charge in [0.25, 0.3) is 21.8 Å². The lowest BCUT2D eigenvalue weighted by atomic mass is 10.2. The number of halogens is 4. The van der Waals surface area contributed by atoms with E-state index in [1.807, 2.05) is 0 Å². The van der Waals surface area contributed by atoms with Gasteiger partial charge in [-0.2, -0.15) is 17.5 Å². The summed E-state index contributed by atoms with van der Waals surface area (Å²) in [4.78, 5) is 22.6. The third kappa shape index (κ3) is 4.00. The number of carbonyl (C=O) groups is 2. The molecule has 152 valence electrons. The van der Waals surface area contributed by atoms with Gasteiger partial charge in [-0.3, -0.25) is 9.59 Å². The number of primary amides is 1. The van der Waals surface area contributed by atoms with Gasteiger partial charge >= 0.3 is 6.18 Å². The van der Waals surface area contributed by atoms with Gasteiger partial charge in [-0.15, -0.1) is 11.3 Å². The van der Waals surface area contributed by atoms with Gasteiger partial charge in [0.2, 0.25) is 0 Å². The van der Waals surface area contributed by atoms with Crippen LogP contribution in [0.4, 0.5) is 22.6 Å². The second kappa shape index (κ2) is 7.48. The SMILES string of the molecule is CC(O)C(=O)N(c1sccc1C(N)=O)S(=O)(=O)c1ccc(C(F)(F)F)cc1F. The molecular formula is C15H12F4N2O5S2. The molecule has 0 saturated heterocycles. The number of hydrogen-bond donors (Lipinski definition) is 2. The number of hydrogen-bond acceptors (Lipinski definition) is 6. The molecule has 0 aliphatic rings. The molecule has 0 aliphatic carbocycles. The number of amides is 2. The first-order valence-corrected chi connectivity index (χ1v) is 9.61. The Bertz CT molecular complexity index is 1030. The number of nitrogens with two attached hydrogens (primary N) is 1. The molecule has 1 aromatic heterocycles. The lowest BCUT2D eigenvalue weighted by Gasteiger charge is -2.23. The van der Waals surface area contributed by atoms with Crippen LogP contribution in [0.3, 0.4) is 0 Å². The molecule has 0 radical (unpaired) electrons. The number of benzene rings is 1. The van der Waals surface area contributed by atoms with Crippen molar-refractivity contribution >= 4 is 38.2 Å². The predicted octanol–water partition coefficient (Wildman–Crippen LogP) is 2.11. The summed E-state index contributed by atoms with van der Waals surface area (Å²) >= 11 is 0.578. The van der Waals surface area contributed by atoms with Crippen molar-refractivity contribution in [2.75, 3.05) is 4.31 Å². The number of thiophene rings is 1. The van der Waals surface area contributed by atoms with Crippen LogP contribution in [0, 0.1) is 5.82 Å². The summed E-state index contributed by atoms with van der Waals surface area (Å²) in [5.41, 5.74) is 3.28. The summed E-state index contributed by atoms with van der Waals surface area (Å²) in [6, 6.07) is 1.72. The minimum atomic E-state index is -5.13. The zero-order chi connectivity index (χ0) is 21.4. The molecule has 0 spiro atoms. The average Bonchev–Trinajstić information content (AvgIpc) is 3.02. The molecule has 13 heteroatoms. The average molecular weight is 440 g/mol. The van der Waals surface area contributed by atoms with Crippen LogP contribution in [0.1, 0.15) is 22.8 Å². The van der Waals surface area contributed by atoms with Crippen LogP contribution >= 0.6 is 11.3 Å². The second-order valence-corrected chi connectivity index (χ2v) is 8.08. The Kier molecular flexibility index (Phi) is 5.82. The van der Waals surface area contributed by atoms with Crippen molar-refractivity contribution in [2.45, 2.75) is 24.1 Å². The smallest absolute Gasteiger partial charge is 0.384 e. The van der Waals surface area contributed by atoms with Gasteiger partial charge in [-0.25, -0.2) is 12.8 Å². The Morgan fingerprint density at radius 2 is 1.86 bits per heavy atom. The van der Waals surface area contributed by atoms with Gasteiger partial charge < -0.3 is 10.8 Å². The number of sulfonamides is 1. The van der Waals surface area contributed by atoms with Gasteiger partial charge in [-0.05, 0) is 36.6 Å². The molecule has 7 nitrogen and oxygen atoms in total. The van der Waals surface area contributed by atoms with Crippen LogP contribution in [0.15, 0.2) is 34.5 Å². The van der Waals surface area contributed by atoms with Crippen LogP contribution in [0.25, 0.3) is 0 Å². The van der Waals surface area contributed by atoms with Gasteiger partial charge in [0.05, 0.1) is 11.1 Å². The Labute approximate surface area is 160 Å². The standard InChI is InChI=1S/C15H12F4N2O5S2/c1-7(22)13(24)21(14-9(12(20)23)4-5-27-14)28(25,26)11-3-2-8(6-10(11)16)15(17,18)19/h2-7,22H,1H3,(H2,20,23). The first-order chi connectivity index (χ1) is 12.8. The Hall–Kier alpha value is -2.51. The van der Waals surface area contributed by atoms with Gasteiger partial charge in [0.1, 0.15) is 21.8 Å². The quantitative estimate of drug-likeness (QED) is 0.691. The van der Waals surface area contributed by atoms with Crippen molar-refractivity contribution in [3.63, 3.8) is 0 Å². The minimum absolute atomic E-state index is 0.0403. The maximum atomic E-state index is 14.2. The normalized spacial score (nSPS) is 13.2. The lowest BCUT2D eigenvalue weighted by molar-refractivity contribution is -0.137. The molecule has 0 bridgehead atoms. The summed E-state index contributed by atoms with van der Waals surface area (Å²) < 4.78 is 78.0. The molecule has 0 saturated carbocycles. The van der Waals surface area contributed by atoms with E-state index >= 15 is 0 Å². The molecular weight excluding hydrogens is 428 g/mol. The molecule has 28 heavy (non-hydrogen) atoms. The summed E-state index contributed by atoms with van der Waals surface area (Å²) in [5, 5.41) is 10.2. The summed E-state index contributed by atoms with van der Waals surface area (Å²) in [5.74, 6) is -4.33. The van der Waals surface area contributed by atoms with E-state index in [9.17, 15) is 40.7 Å². The zero-order valence-corrected chi connectivity index (χ0v) is 15.5. The van der Waals surface area contributed by atoms with Crippen LogP contribution < -0.4 is 10.0 Å². The largest absolute Gasteiger partial charge is 0.416 e. The summed E-state index contributed by atoms with van der Waals surface area (Å²) in [7, 11) is -5.13. The number of nitrogens with zero attached hydrogens (tertiary/aromatic N) is 1. The van der Waals surface area contributed by atoms with Crippen molar-refractivity contribution < 1.29 is 40.7 Å². The van der Waals surface area contributed by atoms with E-state index in [0.717, 1.165) is 13.0 Å². The third-order valence-corrected chi connectivity index (χ3v) is 6.17. The molecule has 0 aliphatic heterocycles. The van der Waals surface area contributed by atoms with Crippen molar-refractivity contribution in [1.82, 2.24) is 0 Å². The highest BCUT2D eigenvalue weighted by molar-refractivity contribution is 7.93. The monoisotopic (exact) mass is 440 g/mol. The molecule has 1 unspecified atom stereocenters. The molecule has 2 amide bonds. The fourth-order valence-electron chi connectivity index (χ4n) is 2.13. The van der Waals surface area contributed by atoms with Crippen molar-refractivity contribution in [3.8, 4) is 0 Å². The molecule has 3 N–H and O–H groups in total. The summed E-state index contributed by atoms with van der Waals surface area (Å²) in [6.07, 6.45) is -6.82. The number of anilines is 1. The number of aliphatic hydroxyl groups excluding tert-OH is 1. The maximum absolute atomic E-state index is 14.2. The third-order valence-electron chi connectivity index (χ3n) is 3.43. The van der Waals surface area contributed by atoms with E-state index in [1.54, 1.807) is 0 Å². The highest BCUT2D eigenvalue weighted by Gasteiger charge is 2.39. The number of aliphatic hydroxyl groups is 1. The van der Waals surface area contributed by atoms with E-state index < -0.39 is 61.0 Å². The van der Waals surface area contributed by atoms with Crippen LogP contribution in [-0.2, 0) is 21.0 Å². The second-order valence-electron chi connectivity index (χ2n) is 5.43. The highest BCUT2D eigenvalue weighted by atomic mass is 32.2. The lowest BCUT2D eigenvalue weighted by Crippen LogP contribution is -2.43. The van der Waals surface area contributed by atoms with Crippen molar-refractivity contribution in [1.29, 1.82) is 0 Å². The van der Waals surface area contributed by atoms with Crippen molar-refractivity contribution in [2.24, 2.45) is 5.73 Å². The van der Waals surface area contributed by atoms with E-state index in [1.165, 1.54) is 5.38 Å². The molecule has 1 aromatic carbocycles. The van der Waals surface area contributed by atoms with Crippen LogP contribution in [0.5, 0.6) is 0 Å². The van der Waals surface area contributed by atoms with Gasteiger partial charge in [-0.1, -0.05) is 0 Å². The molecule has 1 atom stereocenters. The van der Waals surface area contributed by atoms with E-state index in [0.29, 0.717) is 23.5 Å². The Balaban J connectivity index is 2.71. The molecule has 2 aromatic rings. The zero-order valence-electron chi connectivity index (χ0n) is 13.9. The predicted molar refractivity (Wildman–Crippen MR) is 90.6 cm³/mol. The first-order valence-electron chi connectivity index (χ1n) is 7.29. The fraction of sp³-hybridized carbons (Fsp3) is 0.200. The number of rotatable bonds is 5. The van der Waals surface area contributed by atoms with E-state index in [2.05, 4.69) is 0 Å².